The predicted molar refractivity (Wildman–Crippen MR) is 131 cm³/mol. The van der Waals surface area contributed by atoms with Gasteiger partial charge in [-0.2, -0.15) is 0 Å². The van der Waals surface area contributed by atoms with E-state index in [0.29, 0.717) is 31.0 Å². The van der Waals surface area contributed by atoms with Crippen LogP contribution < -0.4 is 9.62 Å². The van der Waals surface area contributed by atoms with E-state index in [4.69, 9.17) is 11.6 Å². The largest absolute Gasteiger partial charge is 0.371 e. The molecule has 0 aliphatic carbocycles. The van der Waals surface area contributed by atoms with Crippen molar-refractivity contribution in [2.24, 2.45) is 5.92 Å². The summed E-state index contributed by atoms with van der Waals surface area (Å²) in [6.45, 7) is 2.83. The standard InChI is InChI=1S/C24H29ClN4O3S/c25-22-3-1-2-19(16-22)9-15-33(31,32)27-17-20-6-12-29(18-20)24(30)21-7-13-28(14-8-21)23-4-10-26-11-5-23/h1-5,10-11,16-17,21,27H,6-9,12-15,18H2. The third-order valence-corrected chi connectivity index (χ3v) is 7.73. The van der Waals surface area contributed by atoms with E-state index in [-0.39, 0.29) is 17.6 Å². The molecule has 2 aliphatic heterocycles. The highest BCUT2D eigenvalue weighted by Crippen LogP contribution is 2.26. The van der Waals surface area contributed by atoms with E-state index in [9.17, 15) is 13.2 Å². The quantitative estimate of drug-likeness (QED) is 0.647. The molecule has 0 unspecified atom stereocenters. The van der Waals surface area contributed by atoms with Gasteiger partial charge in [-0.1, -0.05) is 23.7 Å². The van der Waals surface area contributed by atoms with Gasteiger partial charge in [0.2, 0.25) is 15.9 Å². The number of anilines is 1. The Balaban J connectivity index is 1.24. The molecule has 4 rings (SSSR count). The third kappa shape index (κ3) is 6.48. The Morgan fingerprint density at radius 2 is 1.91 bits per heavy atom. The van der Waals surface area contributed by atoms with Gasteiger partial charge >= 0.3 is 0 Å². The van der Waals surface area contributed by atoms with Crippen LogP contribution in [0.4, 0.5) is 5.69 Å². The van der Waals surface area contributed by atoms with E-state index in [1.807, 2.05) is 29.2 Å². The highest BCUT2D eigenvalue weighted by atomic mass is 35.5. The molecule has 7 nitrogen and oxygen atoms in total. The molecule has 1 aromatic carbocycles. The van der Waals surface area contributed by atoms with Gasteiger partial charge in [0.1, 0.15) is 0 Å². The fraction of sp³-hybridized carbons (Fsp3) is 0.417. The number of piperidine rings is 1. The van der Waals surface area contributed by atoms with Crippen LogP contribution in [0.1, 0.15) is 24.8 Å². The first kappa shape index (κ1) is 23.6. The van der Waals surface area contributed by atoms with Gasteiger partial charge in [0.25, 0.3) is 0 Å². The summed E-state index contributed by atoms with van der Waals surface area (Å²) < 4.78 is 27.3. The summed E-state index contributed by atoms with van der Waals surface area (Å²) in [6.07, 6.45) is 7.87. The molecular weight excluding hydrogens is 460 g/mol. The average molecular weight is 489 g/mol. The second-order valence-corrected chi connectivity index (χ2v) is 10.9. The summed E-state index contributed by atoms with van der Waals surface area (Å²) >= 11 is 5.96. The number of nitrogens with one attached hydrogen (secondary N) is 1. The zero-order valence-corrected chi connectivity index (χ0v) is 20.1. The molecule has 33 heavy (non-hydrogen) atoms. The fourth-order valence-electron chi connectivity index (χ4n) is 4.36. The molecule has 0 radical (unpaired) electrons. The van der Waals surface area contributed by atoms with Crippen LogP contribution in [0.25, 0.3) is 0 Å². The van der Waals surface area contributed by atoms with Crippen molar-refractivity contribution in [3.8, 4) is 0 Å². The topological polar surface area (TPSA) is 82.6 Å². The molecule has 176 valence electrons. The first-order valence-corrected chi connectivity index (χ1v) is 13.3. The molecule has 1 amide bonds. The number of carbonyl (C=O) groups is 1. The lowest BCUT2D eigenvalue weighted by Crippen LogP contribution is -2.41. The van der Waals surface area contributed by atoms with Crippen LogP contribution in [0.5, 0.6) is 0 Å². The van der Waals surface area contributed by atoms with Crippen LogP contribution in [0.3, 0.4) is 0 Å². The van der Waals surface area contributed by atoms with Gasteiger partial charge in [-0.3, -0.25) is 14.5 Å². The minimum Gasteiger partial charge on any atom is -0.371 e. The molecule has 2 aromatic rings. The molecule has 3 heterocycles. The summed E-state index contributed by atoms with van der Waals surface area (Å²) in [5.41, 5.74) is 2.96. The van der Waals surface area contributed by atoms with Crippen LogP contribution in [0, 0.1) is 5.92 Å². The predicted octanol–water partition coefficient (Wildman–Crippen LogP) is 3.23. The summed E-state index contributed by atoms with van der Waals surface area (Å²) in [4.78, 5) is 21.2. The maximum Gasteiger partial charge on any atom is 0.232 e. The smallest absolute Gasteiger partial charge is 0.232 e. The number of benzene rings is 1. The van der Waals surface area contributed by atoms with Gasteiger partial charge in [0.15, 0.2) is 0 Å². The number of rotatable bonds is 7. The molecule has 0 spiro atoms. The Hall–Kier alpha value is -2.58. The Morgan fingerprint density at radius 1 is 1.15 bits per heavy atom. The van der Waals surface area contributed by atoms with Gasteiger partial charge in [-0.05, 0) is 61.1 Å². The van der Waals surface area contributed by atoms with Crippen molar-refractivity contribution in [1.82, 2.24) is 14.6 Å². The van der Waals surface area contributed by atoms with E-state index >= 15 is 0 Å². The van der Waals surface area contributed by atoms with Crippen molar-refractivity contribution in [3.05, 3.63) is 71.2 Å². The second kappa shape index (κ2) is 10.6. The van der Waals surface area contributed by atoms with E-state index < -0.39 is 10.0 Å². The molecule has 2 fully saturated rings. The Kier molecular flexibility index (Phi) is 7.55. The molecule has 0 saturated carbocycles. The lowest BCUT2D eigenvalue weighted by atomic mass is 9.95. The number of aromatic nitrogens is 1. The van der Waals surface area contributed by atoms with Gasteiger partial charge in [-0.15, -0.1) is 0 Å². The molecule has 0 bridgehead atoms. The average Bonchev–Trinajstić information content (AvgIpc) is 3.31. The highest BCUT2D eigenvalue weighted by Gasteiger charge is 2.31. The summed E-state index contributed by atoms with van der Waals surface area (Å²) in [7, 11) is -3.45. The molecule has 2 aliphatic rings. The number of aryl methyl sites for hydroxylation is 1. The lowest BCUT2D eigenvalue weighted by molar-refractivity contribution is -0.134. The minimum absolute atomic E-state index is 0.0180. The molecule has 1 aromatic heterocycles. The number of halogens is 1. The number of carbonyl (C=O) groups excluding carboxylic acids is 1. The van der Waals surface area contributed by atoms with Crippen LogP contribution in [0.2, 0.25) is 5.02 Å². The minimum atomic E-state index is -3.45. The number of amides is 1. The zero-order valence-electron chi connectivity index (χ0n) is 18.5. The fourth-order valence-corrected chi connectivity index (χ4v) is 5.54. The maximum atomic E-state index is 13.0. The Morgan fingerprint density at radius 3 is 2.64 bits per heavy atom. The number of likely N-dealkylation sites (tertiary alicyclic amines) is 1. The number of hydrogen-bond acceptors (Lipinski definition) is 5. The molecule has 1 N–H and O–H groups in total. The Bertz CT molecular complexity index is 1100. The molecule has 2 saturated heterocycles. The SMILES string of the molecule is O=C(C1CCN(c2ccncc2)CC1)N1CCC(=CNS(=O)(=O)CCc2cccc(Cl)c2)C1. The highest BCUT2D eigenvalue weighted by molar-refractivity contribution is 7.89. The van der Waals surface area contributed by atoms with Crippen molar-refractivity contribution in [2.45, 2.75) is 25.7 Å². The molecule has 9 heteroatoms. The van der Waals surface area contributed by atoms with Crippen molar-refractivity contribution in [3.63, 3.8) is 0 Å². The van der Waals surface area contributed by atoms with Gasteiger partial charge < -0.3 is 9.80 Å². The van der Waals surface area contributed by atoms with Gasteiger partial charge in [-0.25, -0.2) is 8.42 Å². The van der Waals surface area contributed by atoms with Gasteiger partial charge in [0, 0.05) is 61.4 Å². The molecule has 0 atom stereocenters. The van der Waals surface area contributed by atoms with E-state index in [1.165, 1.54) is 0 Å². The van der Waals surface area contributed by atoms with Gasteiger partial charge in [0.05, 0.1) is 5.75 Å². The summed E-state index contributed by atoms with van der Waals surface area (Å²) in [6, 6.07) is 11.2. The number of pyridine rings is 1. The van der Waals surface area contributed by atoms with Crippen molar-refractivity contribution in [2.75, 3.05) is 36.8 Å². The zero-order chi connectivity index (χ0) is 23.3. The van der Waals surface area contributed by atoms with Crippen molar-refractivity contribution in [1.29, 1.82) is 0 Å². The van der Waals surface area contributed by atoms with E-state index in [1.54, 1.807) is 30.7 Å². The maximum absolute atomic E-state index is 13.0. The second-order valence-electron chi connectivity index (χ2n) is 8.60. The first-order valence-electron chi connectivity index (χ1n) is 11.3. The lowest BCUT2D eigenvalue weighted by Gasteiger charge is -2.34. The number of sulfonamides is 1. The number of hydrogen-bond donors (Lipinski definition) is 1. The first-order chi connectivity index (χ1) is 15.9. The molecular formula is C24H29ClN4O3S. The Labute approximate surface area is 200 Å². The monoisotopic (exact) mass is 488 g/mol. The van der Waals surface area contributed by atoms with Crippen molar-refractivity contribution < 1.29 is 13.2 Å². The van der Waals surface area contributed by atoms with Crippen LogP contribution >= 0.6 is 11.6 Å². The van der Waals surface area contributed by atoms with Crippen LogP contribution in [-0.2, 0) is 21.2 Å². The van der Waals surface area contributed by atoms with Crippen LogP contribution in [0.15, 0.2) is 60.6 Å². The van der Waals surface area contributed by atoms with Crippen LogP contribution in [-0.4, -0.2) is 56.1 Å². The normalized spacial score (nSPS) is 18.6. The third-order valence-electron chi connectivity index (χ3n) is 6.27. The van der Waals surface area contributed by atoms with E-state index in [2.05, 4.69) is 14.6 Å². The summed E-state index contributed by atoms with van der Waals surface area (Å²) in [5.74, 6) is 0.184. The summed E-state index contributed by atoms with van der Waals surface area (Å²) in [5, 5.41) is 0.596. The van der Waals surface area contributed by atoms with Crippen molar-refractivity contribution >= 4 is 33.2 Å². The number of nitrogens with zero attached hydrogens (tertiary/aromatic N) is 3. The van der Waals surface area contributed by atoms with E-state index in [0.717, 1.165) is 42.8 Å².